The molecule has 122 valence electrons. The number of rotatable bonds is 6. The summed E-state index contributed by atoms with van der Waals surface area (Å²) in [6.07, 6.45) is 3.42. The van der Waals surface area contributed by atoms with Crippen LogP contribution in [0, 0.1) is 0 Å². The third-order valence-electron chi connectivity index (χ3n) is 3.21. The topological polar surface area (TPSA) is 53.4 Å². The number of aromatic hydroxyl groups is 1. The van der Waals surface area contributed by atoms with Crippen LogP contribution in [0.1, 0.15) is 12.5 Å². The summed E-state index contributed by atoms with van der Waals surface area (Å²) in [6.45, 7) is 3.12. The van der Waals surface area contributed by atoms with Crippen LogP contribution in [0.3, 0.4) is 0 Å². The number of pyridine rings is 1. The van der Waals surface area contributed by atoms with Crippen LogP contribution >= 0.6 is 35.0 Å². The van der Waals surface area contributed by atoms with Gasteiger partial charge in [-0.15, -0.1) is 11.8 Å². The van der Waals surface area contributed by atoms with E-state index in [1.807, 2.05) is 19.1 Å². The van der Waals surface area contributed by atoms with Crippen molar-refractivity contribution < 1.29 is 9.90 Å². The van der Waals surface area contributed by atoms with Crippen molar-refractivity contribution in [3.63, 3.8) is 0 Å². The van der Waals surface area contributed by atoms with Crippen LogP contribution < -0.4 is 0 Å². The molecule has 1 aromatic heterocycles. The molecule has 0 saturated carbocycles. The van der Waals surface area contributed by atoms with Gasteiger partial charge in [0.15, 0.2) is 5.75 Å². The highest BCUT2D eigenvalue weighted by atomic mass is 35.5. The SMILES string of the molecule is CCN(Cc1ccncc1)C(=O)CSc1cc(Cl)c(O)c(Cl)c1. The zero-order chi connectivity index (χ0) is 16.8. The number of nitrogens with zero attached hydrogens (tertiary/aromatic N) is 2. The summed E-state index contributed by atoms with van der Waals surface area (Å²) < 4.78 is 0. The summed E-state index contributed by atoms with van der Waals surface area (Å²) in [4.78, 5) is 18.8. The quantitative estimate of drug-likeness (QED) is 0.772. The summed E-state index contributed by atoms with van der Waals surface area (Å²) in [5.41, 5.74) is 1.04. The fourth-order valence-corrected chi connectivity index (χ4v) is 3.44. The molecule has 0 bridgehead atoms. The van der Waals surface area contributed by atoms with E-state index in [2.05, 4.69) is 4.98 Å². The molecule has 0 aliphatic rings. The molecule has 1 N–H and O–H groups in total. The molecule has 4 nitrogen and oxygen atoms in total. The zero-order valence-electron chi connectivity index (χ0n) is 12.5. The first-order chi connectivity index (χ1) is 11.0. The molecule has 0 spiro atoms. The molecule has 0 radical (unpaired) electrons. The van der Waals surface area contributed by atoms with Crippen molar-refractivity contribution in [2.24, 2.45) is 0 Å². The van der Waals surface area contributed by atoms with E-state index >= 15 is 0 Å². The normalized spacial score (nSPS) is 10.6. The molecule has 0 aliphatic heterocycles. The molecular weight excluding hydrogens is 355 g/mol. The zero-order valence-corrected chi connectivity index (χ0v) is 14.8. The molecule has 1 aromatic carbocycles. The molecule has 0 atom stereocenters. The second kappa shape index (κ2) is 8.43. The lowest BCUT2D eigenvalue weighted by Crippen LogP contribution is -2.31. The van der Waals surface area contributed by atoms with E-state index in [1.54, 1.807) is 29.4 Å². The average Bonchev–Trinajstić information content (AvgIpc) is 2.56. The Morgan fingerprint density at radius 1 is 1.26 bits per heavy atom. The van der Waals surface area contributed by atoms with Crippen molar-refractivity contribution in [3.05, 3.63) is 52.3 Å². The predicted molar refractivity (Wildman–Crippen MR) is 94.2 cm³/mol. The minimum Gasteiger partial charge on any atom is -0.505 e. The van der Waals surface area contributed by atoms with Crippen LogP contribution in [0.2, 0.25) is 10.0 Å². The van der Waals surface area contributed by atoms with Crippen molar-refractivity contribution in [3.8, 4) is 5.75 Å². The van der Waals surface area contributed by atoms with E-state index in [9.17, 15) is 9.90 Å². The number of thioether (sulfide) groups is 1. The van der Waals surface area contributed by atoms with Gasteiger partial charge in [-0.3, -0.25) is 9.78 Å². The van der Waals surface area contributed by atoms with Crippen LogP contribution in [0.4, 0.5) is 0 Å². The summed E-state index contributed by atoms with van der Waals surface area (Å²) in [7, 11) is 0. The fourth-order valence-electron chi connectivity index (χ4n) is 1.95. The van der Waals surface area contributed by atoms with Crippen LogP contribution in [-0.2, 0) is 11.3 Å². The lowest BCUT2D eigenvalue weighted by atomic mass is 10.2. The molecule has 0 unspecified atom stereocenters. The second-order valence-electron chi connectivity index (χ2n) is 4.79. The average molecular weight is 371 g/mol. The van der Waals surface area contributed by atoms with Crippen LogP contribution in [0.25, 0.3) is 0 Å². The van der Waals surface area contributed by atoms with Gasteiger partial charge in [-0.1, -0.05) is 23.2 Å². The molecule has 7 heteroatoms. The third-order valence-corrected chi connectivity index (χ3v) is 4.75. The Hall–Kier alpha value is -1.43. The van der Waals surface area contributed by atoms with Gasteiger partial charge in [-0.25, -0.2) is 0 Å². The molecule has 0 saturated heterocycles. The van der Waals surface area contributed by atoms with Crippen LogP contribution in [-0.4, -0.2) is 33.2 Å². The second-order valence-corrected chi connectivity index (χ2v) is 6.65. The Labute approximate surface area is 149 Å². The Balaban J connectivity index is 1.97. The minimum atomic E-state index is -0.142. The first-order valence-electron chi connectivity index (χ1n) is 6.98. The highest BCUT2D eigenvalue weighted by Gasteiger charge is 2.14. The molecule has 2 aromatic rings. The van der Waals surface area contributed by atoms with Gasteiger partial charge in [0.1, 0.15) is 0 Å². The molecular formula is C16H16Cl2N2O2S. The summed E-state index contributed by atoms with van der Waals surface area (Å²) in [6, 6.07) is 6.98. The fraction of sp³-hybridized carbons (Fsp3) is 0.250. The predicted octanol–water partition coefficient (Wildman–Crippen LogP) is 4.23. The van der Waals surface area contributed by atoms with E-state index in [1.165, 1.54) is 11.8 Å². The smallest absolute Gasteiger partial charge is 0.233 e. The molecule has 2 rings (SSSR count). The Morgan fingerprint density at radius 3 is 2.43 bits per heavy atom. The first kappa shape index (κ1) is 17.9. The van der Waals surface area contributed by atoms with Crippen LogP contribution in [0.5, 0.6) is 5.75 Å². The van der Waals surface area contributed by atoms with Crippen molar-refractivity contribution in [1.82, 2.24) is 9.88 Å². The summed E-state index contributed by atoms with van der Waals surface area (Å²) in [5, 5.41) is 9.90. The van der Waals surface area contributed by atoms with E-state index < -0.39 is 0 Å². The van der Waals surface area contributed by atoms with Crippen molar-refractivity contribution in [2.45, 2.75) is 18.4 Å². The van der Waals surface area contributed by atoms with Gasteiger partial charge in [0.25, 0.3) is 0 Å². The molecule has 0 aliphatic carbocycles. The number of phenols is 1. The number of hydrogen-bond donors (Lipinski definition) is 1. The Kier molecular flexibility index (Phi) is 6.57. The van der Waals surface area contributed by atoms with Gasteiger partial charge >= 0.3 is 0 Å². The molecule has 0 fully saturated rings. The maximum atomic E-state index is 12.4. The van der Waals surface area contributed by atoms with E-state index in [0.29, 0.717) is 13.1 Å². The number of amides is 1. The largest absolute Gasteiger partial charge is 0.505 e. The number of aromatic nitrogens is 1. The number of halogens is 2. The summed E-state index contributed by atoms with van der Waals surface area (Å²) in [5.74, 6) is 0.155. The number of carbonyl (C=O) groups excluding carboxylic acids is 1. The maximum absolute atomic E-state index is 12.4. The van der Waals surface area contributed by atoms with Gasteiger partial charge in [-0.2, -0.15) is 0 Å². The standard InChI is InChI=1S/C16H16Cl2N2O2S/c1-2-20(9-11-3-5-19-6-4-11)15(21)10-23-12-7-13(17)16(22)14(18)8-12/h3-8,22H,2,9-10H2,1H3. The van der Waals surface area contributed by atoms with Gasteiger partial charge in [0, 0.05) is 30.4 Å². The number of benzene rings is 1. The van der Waals surface area contributed by atoms with Gasteiger partial charge in [0.05, 0.1) is 15.8 Å². The maximum Gasteiger partial charge on any atom is 0.233 e. The first-order valence-corrected chi connectivity index (χ1v) is 8.73. The van der Waals surface area contributed by atoms with E-state index in [-0.39, 0.29) is 27.5 Å². The van der Waals surface area contributed by atoms with Crippen molar-refractivity contribution >= 4 is 40.9 Å². The lowest BCUT2D eigenvalue weighted by molar-refractivity contribution is -0.128. The Bertz CT molecular complexity index is 660. The van der Waals surface area contributed by atoms with Gasteiger partial charge in [0.2, 0.25) is 5.91 Å². The third kappa shape index (κ3) is 5.03. The number of phenolic OH excluding ortho intramolecular Hbond substituents is 1. The van der Waals surface area contributed by atoms with Gasteiger partial charge in [-0.05, 0) is 36.8 Å². The van der Waals surface area contributed by atoms with Gasteiger partial charge < -0.3 is 10.0 Å². The van der Waals surface area contributed by atoms with Crippen molar-refractivity contribution in [1.29, 1.82) is 0 Å². The van der Waals surface area contributed by atoms with E-state index in [0.717, 1.165) is 10.5 Å². The highest BCUT2D eigenvalue weighted by Crippen LogP contribution is 2.36. The minimum absolute atomic E-state index is 0.0228. The van der Waals surface area contributed by atoms with Crippen LogP contribution in [0.15, 0.2) is 41.6 Å². The summed E-state index contributed by atoms with van der Waals surface area (Å²) >= 11 is 13.1. The molecule has 23 heavy (non-hydrogen) atoms. The van der Waals surface area contributed by atoms with Crippen molar-refractivity contribution in [2.75, 3.05) is 12.3 Å². The lowest BCUT2D eigenvalue weighted by Gasteiger charge is -2.20. The van der Waals surface area contributed by atoms with E-state index in [4.69, 9.17) is 23.2 Å². The molecule has 1 amide bonds. The monoisotopic (exact) mass is 370 g/mol. The molecule has 1 heterocycles. The number of hydrogen-bond acceptors (Lipinski definition) is 4. The number of carbonyl (C=O) groups is 1. The highest BCUT2D eigenvalue weighted by molar-refractivity contribution is 8.00. The Morgan fingerprint density at radius 2 is 1.87 bits per heavy atom.